The lowest BCUT2D eigenvalue weighted by atomic mass is 9.98. The molecule has 0 heterocycles. The highest BCUT2D eigenvalue weighted by Crippen LogP contribution is 2.23. The zero-order valence-electron chi connectivity index (χ0n) is 10.6. The first-order valence-corrected chi connectivity index (χ1v) is 6.55. The lowest BCUT2D eigenvalue weighted by Gasteiger charge is -2.11. The van der Waals surface area contributed by atoms with Crippen molar-refractivity contribution in [1.82, 2.24) is 5.32 Å². The molecule has 1 heteroatoms. The standard InChI is InChI=1S/C15H23N/c1-12(11-16-2)6-7-13-8-9-14-4-3-5-15(14)10-13/h8-10,12,16H,3-7,11H2,1-2H3. The summed E-state index contributed by atoms with van der Waals surface area (Å²) >= 11 is 0. The van der Waals surface area contributed by atoms with Crippen molar-refractivity contribution >= 4 is 0 Å². The summed E-state index contributed by atoms with van der Waals surface area (Å²) < 4.78 is 0. The fourth-order valence-electron chi connectivity index (χ4n) is 2.64. The van der Waals surface area contributed by atoms with Crippen LogP contribution in [0.2, 0.25) is 0 Å². The number of hydrogen-bond donors (Lipinski definition) is 1. The Hall–Kier alpha value is -0.820. The minimum Gasteiger partial charge on any atom is -0.319 e. The average molecular weight is 217 g/mol. The molecule has 1 aromatic rings. The molecule has 0 radical (unpaired) electrons. The van der Waals surface area contributed by atoms with Crippen LogP contribution in [-0.4, -0.2) is 13.6 Å². The van der Waals surface area contributed by atoms with E-state index in [4.69, 9.17) is 0 Å². The smallest absolute Gasteiger partial charge is 0.00260 e. The van der Waals surface area contributed by atoms with Crippen molar-refractivity contribution in [2.24, 2.45) is 5.92 Å². The summed E-state index contributed by atoms with van der Waals surface area (Å²) in [5.41, 5.74) is 4.73. The van der Waals surface area contributed by atoms with Gasteiger partial charge in [0.1, 0.15) is 0 Å². The molecule has 1 aliphatic rings. The first-order valence-electron chi connectivity index (χ1n) is 6.55. The van der Waals surface area contributed by atoms with Crippen LogP contribution in [0.5, 0.6) is 0 Å². The Kier molecular flexibility index (Phi) is 4.00. The number of aryl methyl sites for hydroxylation is 3. The molecule has 0 bridgehead atoms. The molecular weight excluding hydrogens is 194 g/mol. The third-order valence-electron chi connectivity index (χ3n) is 3.64. The molecule has 1 aromatic carbocycles. The second kappa shape index (κ2) is 5.49. The normalized spacial score (nSPS) is 16.1. The van der Waals surface area contributed by atoms with Crippen LogP contribution in [0, 0.1) is 5.92 Å². The topological polar surface area (TPSA) is 12.0 Å². The Morgan fingerprint density at radius 2 is 2.06 bits per heavy atom. The van der Waals surface area contributed by atoms with Crippen molar-refractivity contribution in [2.75, 3.05) is 13.6 Å². The zero-order valence-corrected chi connectivity index (χ0v) is 10.6. The van der Waals surface area contributed by atoms with Gasteiger partial charge in [-0.15, -0.1) is 0 Å². The summed E-state index contributed by atoms with van der Waals surface area (Å²) in [7, 11) is 2.03. The Bertz CT molecular complexity index is 343. The Balaban J connectivity index is 1.90. The second-order valence-electron chi connectivity index (χ2n) is 5.16. The molecule has 0 saturated heterocycles. The molecule has 16 heavy (non-hydrogen) atoms. The highest BCUT2D eigenvalue weighted by molar-refractivity contribution is 5.35. The molecule has 1 aliphatic carbocycles. The molecular formula is C15H23N. The van der Waals surface area contributed by atoms with Gasteiger partial charge in [-0.2, -0.15) is 0 Å². The van der Waals surface area contributed by atoms with Gasteiger partial charge in [-0.05, 0) is 68.3 Å². The minimum atomic E-state index is 0.776. The molecule has 1 atom stereocenters. The van der Waals surface area contributed by atoms with E-state index in [1.807, 2.05) is 7.05 Å². The summed E-state index contributed by atoms with van der Waals surface area (Å²) in [6.07, 6.45) is 6.48. The van der Waals surface area contributed by atoms with E-state index >= 15 is 0 Å². The zero-order chi connectivity index (χ0) is 11.4. The van der Waals surface area contributed by atoms with E-state index < -0.39 is 0 Å². The third-order valence-corrected chi connectivity index (χ3v) is 3.64. The van der Waals surface area contributed by atoms with Crippen molar-refractivity contribution < 1.29 is 0 Å². The maximum atomic E-state index is 3.25. The van der Waals surface area contributed by atoms with Gasteiger partial charge in [-0.1, -0.05) is 25.1 Å². The molecule has 88 valence electrons. The lowest BCUT2D eigenvalue weighted by Crippen LogP contribution is -2.16. The third kappa shape index (κ3) is 2.85. The Morgan fingerprint density at radius 3 is 2.88 bits per heavy atom. The molecule has 0 fully saturated rings. The van der Waals surface area contributed by atoms with Gasteiger partial charge >= 0.3 is 0 Å². The molecule has 1 N–H and O–H groups in total. The fourth-order valence-corrected chi connectivity index (χ4v) is 2.64. The first-order chi connectivity index (χ1) is 7.79. The minimum absolute atomic E-state index is 0.776. The van der Waals surface area contributed by atoms with Gasteiger partial charge in [0.25, 0.3) is 0 Å². The van der Waals surface area contributed by atoms with E-state index in [0.717, 1.165) is 12.5 Å². The van der Waals surface area contributed by atoms with Crippen LogP contribution in [0.4, 0.5) is 0 Å². The maximum absolute atomic E-state index is 3.25. The fraction of sp³-hybridized carbons (Fsp3) is 0.600. The molecule has 0 saturated carbocycles. The van der Waals surface area contributed by atoms with E-state index in [-0.39, 0.29) is 0 Å². The number of rotatable bonds is 5. The highest BCUT2D eigenvalue weighted by Gasteiger charge is 2.10. The molecule has 0 aliphatic heterocycles. The van der Waals surface area contributed by atoms with Gasteiger partial charge in [0.15, 0.2) is 0 Å². The van der Waals surface area contributed by atoms with E-state index in [2.05, 4.69) is 30.4 Å². The summed E-state index contributed by atoms with van der Waals surface area (Å²) in [6, 6.07) is 7.12. The molecule has 1 unspecified atom stereocenters. The Labute approximate surface area is 99.3 Å². The second-order valence-corrected chi connectivity index (χ2v) is 5.16. The number of benzene rings is 1. The predicted octanol–water partition coefficient (Wildman–Crippen LogP) is 2.96. The number of nitrogens with one attached hydrogen (secondary N) is 1. The van der Waals surface area contributed by atoms with Gasteiger partial charge in [-0.3, -0.25) is 0 Å². The van der Waals surface area contributed by atoms with Crippen LogP contribution in [0.1, 0.15) is 36.5 Å². The van der Waals surface area contributed by atoms with Gasteiger partial charge in [0, 0.05) is 0 Å². The highest BCUT2D eigenvalue weighted by atomic mass is 14.8. The Morgan fingerprint density at radius 1 is 1.25 bits per heavy atom. The maximum Gasteiger partial charge on any atom is -0.00260 e. The summed E-state index contributed by atoms with van der Waals surface area (Å²) in [6.45, 7) is 3.45. The van der Waals surface area contributed by atoms with Crippen molar-refractivity contribution in [3.63, 3.8) is 0 Å². The van der Waals surface area contributed by atoms with E-state index in [9.17, 15) is 0 Å². The van der Waals surface area contributed by atoms with Gasteiger partial charge in [0.05, 0.1) is 0 Å². The van der Waals surface area contributed by atoms with E-state index in [1.165, 1.54) is 37.7 Å². The lowest BCUT2D eigenvalue weighted by molar-refractivity contribution is 0.505. The summed E-state index contributed by atoms with van der Waals surface area (Å²) in [5.74, 6) is 0.776. The SMILES string of the molecule is CNCC(C)CCc1ccc2c(c1)CCC2. The van der Waals surface area contributed by atoms with Crippen molar-refractivity contribution in [1.29, 1.82) is 0 Å². The average Bonchev–Trinajstić information content (AvgIpc) is 2.74. The number of hydrogen-bond acceptors (Lipinski definition) is 1. The molecule has 1 nitrogen and oxygen atoms in total. The van der Waals surface area contributed by atoms with Crippen LogP contribution >= 0.6 is 0 Å². The summed E-state index contributed by atoms with van der Waals surface area (Å²) in [4.78, 5) is 0. The van der Waals surface area contributed by atoms with Crippen LogP contribution in [0.3, 0.4) is 0 Å². The van der Waals surface area contributed by atoms with Crippen molar-refractivity contribution in [3.05, 3.63) is 34.9 Å². The van der Waals surface area contributed by atoms with E-state index in [0.29, 0.717) is 0 Å². The van der Waals surface area contributed by atoms with Crippen LogP contribution in [0.15, 0.2) is 18.2 Å². The van der Waals surface area contributed by atoms with Crippen LogP contribution in [-0.2, 0) is 19.3 Å². The van der Waals surface area contributed by atoms with Gasteiger partial charge < -0.3 is 5.32 Å². The molecule has 0 amide bonds. The monoisotopic (exact) mass is 217 g/mol. The number of fused-ring (bicyclic) bond motifs is 1. The quantitative estimate of drug-likeness (QED) is 0.799. The summed E-state index contributed by atoms with van der Waals surface area (Å²) in [5, 5.41) is 3.25. The van der Waals surface area contributed by atoms with E-state index in [1.54, 1.807) is 11.1 Å². The molecule has 0 aromatic heterocycles. The van der Waals surface area contributed by atoms with Crippen LogP contribution < -0.4 is 5.32 Å². The van der Waals surface area contributed by atoms with Crippen molar-refractivity contribution in [2.45, 2.75) is 39.0 Å². The van der Waals surface area contributed by atoms with Crippen molar-refractivity contribution in [3.8, 4) is 0 Å². The molecule has 0 spiro atoms. The first kappa shape index (κ1) is 11.7. The predicted molar refractivity (Wildman–Crippen MR) is 69.9 cm³/mol. The van der Waals surface area contributed by atoms with Gasteiger partial charge in [-0.25, -0.2) is 0 Å². The molecule has 2 rings (SSSR count). The van der Waals surface area contributed by atoms with Crippen LogP contribution in [0.25, 0.3) is 0 Å². The van der Waals surface area contributed by atoms with Gasteiger partial charge in [0.2, 0.25) is 0 Å². The largest absolute Gasteiger partial charge is 0.319 e.